The van der Waals surface area contributed by atoms with Crippen molar-refractivity contribution in [1.29, 1.82) is 0 Å². The van der Waals surface area contributed by atoms with Gasteiger partial charge < -0.3 is 5.11 Å². The molecule has 0 spiro atoms. The molecule has 112 valence electrons. The lowest BCUT2D eigenvalue weighted by atomic mass is 9.98. The monoisotopic (exact) mass is 300 g/mol. The smallest absolute Gasteiger partial charge is 0.336 e. The van der Waals surface area contributed by atoms with E-state index in [4.69, 9.17) is 0 Å². The quantitative estimate of drug-likeness (QED) is 0.670. The summed E-state index contributed by atoms with van der Waals surface area (Å²) in [4.78, 5) is 11.3. The van der Waals surface area contributed by atoms with Gasteiger partial charge in [-0.3, -0.25) is 0 Å². The van der Waals surface area contributed by atoms with Crippen LogP contribution in [0.15, 0.2) is 78.9 Å². The molecular weight excluding hydrogens is 284 g/mol. The Hall–Kier alpha value is -3.13. The highest BCUT2D eigenvalue weighted by molar-refractivity contribution is 5.96. The summed E-state index contributed by atoms with van der Waals surface area (Å²) in [5, 5.41) is 9.28. The van der Waals surface area contributed by atoms with Crippen molar-refractivity contribution >= 4 is 18.1 Å². The van der Waals surface area contributed by atoms with Crippen LogP contribution < -0.4 is 0 Å². The van der Waals surface area contributed by atoms with E-state index in [0.717, 1.165) is 22.3 Å². The molecule has 0 aliphatic carbocycles. The molecule has 3 rings (SSSR count). The molecule has 3 aromatic rings. The highest BCUT2D eigenvalue weighted by Crippen LogP contribution is 2.24. The Balaban J connectivity index is 1.86. The van der Waals surface area contributed by atoms with Crippen LogP contribution in [0.4, 0.5) is 0 Å². The second-order valence-electron chi connectivity index (χ2n) is 5.22. The molecule has 0 fully saturated rings. The molecule has 1 N–H and O–H groups in total. The minimum absolute atomic E-state index is 0.320. The molecule has 2 heteroatoms. The van der Waals surface area contributed by atoms with E-state index in [-0.39, 0.29) is 0 Å². The molecule has 0 atom stereocenters. The molecule has 0 radical (unpaired) electrons. The van der Waals surface area contributed by atoms with Crippen LogP contribution >= 0.6 is 0 Å². The zero-order chi connectivity index (χ0) is 16.1. The van der Waals surface area contributed by atoms with E-state index in [0.29, 0.717) is 5.56 Å². The van der Waals surface area contributed by atoms with Crippen molar-refractivity contribution in [1.82, 2.24) is 0 Å². The summed E-state index contributed by atoms with van der Waals surface area (Å²) in [6.07, 6.45) is 4.10. The van der Waals surface area contributed by atoms with Gasteiger partial charge in [-0.25, -0.2) is 4.79 Å². The van der Waals surface area contributed by atoms with Crippen molar-refractivity contribution in [3.8, 4) is 11.1 Å². The fraction of sp³-hybridized carbons (Fsp3) is 0. The highest BCUT2D eigenvalue weighted by Gasteiger charge is 2.10. The molecular formula is C21H16O2. The van der Waals surface area contributed by atoms with Crippen molar-refractivity contribution in [3.05, 3.63) is 95.6 Å². The number of carbonyl (C=O) groups is 1. The third-order valence-corrected chi connectivity index (χ3v) is 3.65. The molecule has 0 heterocycles. The summed E-state index contributed by atoms with van der Waals surface area (Å²) in [5.41, 5.74) is 4.18. The Morgan fingerprint density at radius 2 is 1.26 bits per heavy atom. The second-order valence-corrected chi connectivity index (χ2v) is 5.22. The normalized spacial score (nSPS) is 10.8. The van der Waals surface area contributed by atoms with Crippen LogP contribution in [0.2, 0.25) is 0 Å². The van der Waals surface area contributed by atoms with Gasteiger partial charge in [0, 0.05) is 0 Å². The summed E-state index contributed by atoms with van der Waals surface area (Å²) in [7, 11) is 0. The molecule has 0 unspecified atom stereocenters. The van der Waals surface area contributed by atoms with Gasteiger partial charge in [-0.05, 0) is 28.3 Å². The summed E-state index contributed by atoms with van der Waals surface area (Å²) in [6.45, 7) is 0. The molecule has 0 amide bonds. The van der Waals surface area contributed by atoms with E-state index in [1.807, 2.05) is 72.8 Å². The maximum Gasteiger partial charge on any atom is 0.336 e. The van der Waals surface area contributed by atoms with Crippen LogP contribution in [0.5, 0.6) is 0 Å². The first-order valence-electron chi connectivity index (χ1n) is 7.40. The lowest BCUT2D eigenvalue weighted by Crippen LogP contribution is -1.98. The van der Waals surface area contributed by atoms with E-state index in [9.17, 15) is 9.90 Å². The minimum Gasteiger partial charge on any atom is -0.478 e. The molecule has 2 nitrogen and oxygen atoms in total. The maximum atomic E-state index is 11.3. The van der Waals surface area contributed by atoms with Crippen LogP contribution in [0.25, 0.3) is 23.3 Å². The third kappa shape index (κ3) is 3.55. The zero-order valence-electron chi connectivity index (χ0n) is 12.5. The second kappa shape index (κ2) is 6.75. The standard InChI is InChI=1S/C21H16O2/c22-21(23)20-9-5-4-8-19(20)18-14-12-17(13-15-18)11-10-16-6-2-1-3-7-16/h1-15H,(H,22,23). The Kier molecular flexibility index (Phi) is 4.34. The number of carboxylic acid groups (broad SMARTS) is 1. The van der Waals surface area contributed by atoms with Gasteiger partial charge in [0.1, 0.15) is 0 Å². The number of aromatic carboxylic acids is 1. The van der Waals surface area contributed by atoms with E-state index >= 15 is 0 Å². The molecule has 3 aromatic carbocycles. The van der Waals surface area contributed by atoms with Crippen LogP contribution in [0, 0.1) is 0 Å². The topological polar surface area (TPSA) is 37.3 Å². The SMILES string of the molecule is O=C(O)c1ccccc1-c1ccc(C=Cc2ccccc2)cc1. The number of hydrogen-bond donors (Lipinski definition) is 1. The summed E-state index contributed by atoms with van der Waals surface area (Å²) < 4.78 is 0. The molecule has 0 bridgehead atoms. The van der Waals surface area contributed by atoms with Gasteiger partial charge >= 0.3 is 5.97 Å². The minimum atomic E-state index is -0.909. The fourth-order valence-corrected chi connectivity index (χ4v) is 2.45. The Morgan fingerprint density at radius 3 is 1.91 bits per heavy atom. The average Bonchev–Trinajstić information content (AvgIpc) is 2.61. The molecule has 0 saturated heterocycles. The van der Waals surface area contributed by atoms with Gasteiger partial charge in [-0.2, -0.15) is 0 Å². The van der Waals surface area contributed by atoms with Gasteiger partial charge in [-0.1, -0.05) is 84.9 Å². The van der Waals surface area contributed by atoms with Crippen molar-refractivity contribution in [2.75, 3.05) is 0 Å². The van der Waals surface area contributed by atoms with Gasteiger partial charge in [0.05, 0.1) is 5.56 Å². The summed E-state index contributed by atoms with van der Waals surface area (Å²) in [5.74, 6) is -0.909. The lowest BCUT2D eigenvalue weighted by molar-refractivity contribution is 0.0697. The van der Waals surface area contributed by atoms with Crippen molar-refractivity contribution < 1.29 is 9.90 Å². The molecule has 0 aliphatic rings. The fourth-order valence-electron chi connectivity index (χ4n) is 2.45. The van der Waals surface area contributed by atoms with Crippen molar-refractivity contribution in [2.24, 2.45) is 0 Å². The first-order valence-corrected chi connectivity index (χ1v) is 7.40. The number of benzene rings is 3. The Bertz CT molecular complexity index is 831. The molecule has 0 aromatic heterocycles. The molecule has 23 heavy (non-hydrogen) atoms. The van der Waals surface area contributed by atoms with Gasteiger partial charge in [-0.15, -0.1) is 0 Å². The Morgan fingerprint density at radius 1 is 0.696 bits per heavy atom. The third-order valence-electron chi connectivity index (χ3n) is 3.65. The first-order chi connectivity index (χ1) is 11.2. The van der Waals surface area contributed by atoms with Crippen LogP contribution in [-0.4, -0.2) is 11.1 Å². The average molecular weight is 300 g/mol. The predicted molar refractivity (Wildman–Crippen MR) is 94.2 cm³/mol. The van der Waals surface area contributed by atoms with Crippen LogP contribution in [0.1, 0.15) is 21.5 Å². The zero-order valence-corrected chi connectivity index (χ0v) is 12.5. The number of rotatable bonds is 4. The van der Waals surface area contributed by atoms with Gasteiger partial charge in [0.2, 0.25) is 0 Å². The van der Waals surface area contributed by atoms with Crippen LogP contribution in [-0.2, 0) is 0 Å². The van der Waals surface area contributed by atoms with E-state index < -0.39 is 5.97 Å². The maximum absolute atomic E-state index is 11.3. The molecule has 0 saturated carbocycles. The predicted octanol–water partition coefficient (Wildman–Crippen LogP) is 5.22. The number of carboxylic acids is 1. The van der Waals surface area contributed by atoms with Crippen LogP contribution in [0.3, 0.4) is 0 Å². The van der Waals surface area contributed by atoms with E-state index in [1.165, 1.54) is 0 Å². The Labute approximate surface area is 135 Å². The molecule has 0 aliphatic heterocycles. The summed E-state index contributed by atoms with van der Waals surface area (Å²) >= 11 is 0. The van der Waals surface area contributed by atoms with Crippen molar-refractivity contribution in [2.45, 2.75) is 0 Å². The van der Waals surface area contributed by atoms with Gasteiger partial charge in [0.15, 0.2) is 0 Å². The lowest BCUT2D eigenvalue weighted by Gasteiger charge is -2.06. The van der Waals surface area contributed by atoms with E-state index in [1.54, 1.807) is 12.1 Å². The first kappa shape index (κ1) is 14.8. The van der Waals surface area contributed by atoms with Crippen molar-refractivity contribution in [3.63, 3.8) is 0 Å². The highest BCUT2D eigenvalue weighted by atomic mass is 16.4. The van der Waals surface area contributed by atoms with Gasteiger partial charge in [0.25, 0.3) is 0 Å². The largest absolute Gasteiger partial charge is 0.478 e. The van der Waals surface area contributed by atoms with E-state index in [2.05, 4.69) is 6.08 Å². The summed E-state index contributed by atoms with van der Waals surface area (Å²) in [6, 6.07) is 25.0. The number of hydrogen-bond acceptors (Lipinski definition) is 1.